The third-order valence-electron chi connectivity index (χ3n) is 3.35. The van der Waals surface area contributed by atoms with Gasteiger partial charge in [-0.25, -0.2) is 0 Å². The Morgan fingerprint density at radius 3 is 2.29 bits per heavy atom. The van der Waals surface area contributed by atoms with Gasteiger partial charge in [-0.2, -0.15) is 0 Å². The normalized spacial score (nSPS) is 14.9. The van der Waals surface area contributed by atoms with E-state index < -0.39 is 0 Å². The molecule has 0 amide bonds. The van der Waals surface area contributed by atoms with Gasteiger partial charge < -0.3 is 10.4 Å². The van der Waals surface area contributed by atoms with Crippen LogP contribution in [0.15, 0.2) is 30.3 Å². The van der Waals surface area contributed by atoms with Crippen LogP contribution >= 0.6 is 0 Å². The zero-order valence-corrected chi connectivity index (χ0v) is 11.2. The second-order valence-electron chi connectivity index (χ2n) is 5.09. The number of rotatable bonds is 7. The first kappa shape index (κ1) is 14.2. The molecule has 96 valence electrons. The van der Waals surface area contributed by atoms with E-state index in [-0.39, 0.29) is 12.6 Å². The number of hydrogen-bond donors (Lipinski definition) is 2. The predicted octanol–water partition coefficient (Wildman–Crippen LogP) is 2.79. The van der Waals surface area contributed by atoms with E-state index >= 15 is 0 Å². The number of nitrogens with one attached hydrogen (secondary N) is 1. The van der Waals surface area contributed by atoms with Crippen LogP contribution in [-0.2, 0) is 0 Å². The summed E-state index contributed by atoms with van der Waals surface area (Å²) < 4.78 is 0. The molecule has 2 N–H and O–H groups in total. The molecule has 0 aliphatic rings. The molecule has 0 aliphatic carbocycles. The molecule has 1 unspecified atom stereocenters. The van der Waals surface area contributed by atoms with Crippen molar-refractivity contribution in [2.24, 2.45) is 5.92 Å². The first-order valence-corrected chi connectivity index (χ1v) is 6.54. The largest absolute Gasteiger partial charge is 0.395 e. The fourth-order valence-corrected chi connectivity index (χ4v) is 1.94. The zero-order chi connectivity index (χ0) is 12.7. The van der Waals surface area contributed by atoms with E-state index in [2.05, 4.69) is 56.4 Å². The standard InChI is InChI=1S/C15H25NO/c1-12(2)15(11-17)16-10-9-13(3)14-7-5-4-6-8-14/h4-8,12-13,15-17H,9-11H2,1-3H3/t13?,15-/m1/s1. The zero-order valence-electron chi connectivity index (χ0n) is 11.2. The first-order chi connectivity index (χ1) is 8.15. The van der Waals surface area contributed by atoms with Gasteiger partial charge in [-0.1, -0.05) is 51.1 Å². The number of benzene rings is 1. The van der Waals surface area contributed by atoms with Crippen LogP contribution < -0.4 is 5.32 Å². The van der Waals surface area contributed by atoms with E-state index in [1.54, 1.807) is 0 Å². The van der Waals surface area contributed by atoms with Crippen LogP contribution in [0.3, 0.4) is 0 Å². The summed E-state index contributed by atoms with van der Waals surface area (Å²) in [6.07, 6.45) is 1.10. The third kappa shape index (κ3) is 4.88. The predicted molar refractivity (Wildman–Crippen MR) is 73.2 cm³/mol. The lowest BCUT2D eigenvalue weighted by Crippen LogP contribution is -2.37. The van der Waals surface area contributed by atoms with Crippen molar-refractivity contribution < 1.29 is 5.11 Å². The summed E-state index contributed by atoms with van der Waals surface area (Å²) in [4.78, 5) is 0. The van der Waals surface area contributed by atoms with Gasteiger partial charge >= 0.3 is 0 Å². The highest BCUT2D eigenvalue weighted by Crippen LogP contribution is 2.17. The smallest absolute Gasteiger partial charge is 0.0587 e. The van der Waals surface area contributed by atoms with Crippen molar-refractivity contribution in [1.29, 1.82) is 0 Å². The summed E-state index contributed by atoms with van der Waals surface area (Å²) in [6.45, 7) is 7.69. The summed E-state index contributed by atoms with van der Waals surface area (Å²) in [5.74, 6) is 1.04. The van der Waals surface area contributed by atoms with Gasteiger partial charge in [-0.3, -0.25) is 0 Å². The van der Waals surface area contributed by atoms with E-state index in [1.165, 1.54) is 5.56 Å². The minimum Gasteiger partial charge on any atom is -0.395 e. The summed E-state index contributed by atoms with van der Waals surface area (Å²) in [5, 5.41) is 12.6. The second-order valence-corrected chi connectivity index (χ2v) is 5.09. The lowest BCUT2D eigenvalue weighted by atomic mass is 9.97. The highest BCUT2D eigenvalue weighted by atomic mass is 16.3. The molecule has 0 aliphatic heterocycles. The molecule has 0 heterocycles. The number of aliphatic hydroxyl groups excluding tert-OH is 1. The van der Waals surface area contributed by atoms with Crippen molar-refractivity contribution in [3.8, 4) is 0 Å². The fraction of sp³-hybridized carbons (Fsp3) is 0.600. The lowest BCUT2D eigenvalue weighted by Gasteiger charge is -2.21. The molecule has 2 heteroatoms. The lowest BCUT2D eigenvalue weighted by molar-refractivity contribution is 0.210. The maximum absolute atomic E-state index is 9.22. The summed E-state index contributed by atoms with van der Waals surface area (Å²) >= 11 is 0. The molecular weight excluding hydrogens is 210 g/mol. The average Bonchev–Trinajstić information content (AvgIpc) is 2.35. The molecule has 1 aromatic carbocycles. The second kappa shape index (κ2) is 7.46. The molecule has 0 bridgehead atoms. The third-order valence-corrected chi connectivity index (χ3v) is 3.35. The Labute approximate surface area is 105 Å². The summed E-state index contributed by atoms with van der Waals surface area (Å²) in [6, 6.07) is 10.8. The van der Waals surface area contributed by atoms with Crippen LogP contribution in [0.2, 0.25) is 0 Å². The van der Waals surface area contributed by atoms with Crippen LogP contribution in [0.5, 0.6) is 0 Å². The fourth-order valence-electron chi connectivity index (χ4n) is 1.94. The highest BCUT2D eigenvalue weighted by molar-refractivity contribution is 5.18. The van der Waals surface area contributed by atoms with Crippen LogP contribution in [-0.4, -0.2) is 24.3 Å². The van der Waals surface area contributed by atoms with Crippen molar-refractivity contribution in [1.82, 2.24) is 5.32 Å². The van der Waals surface area contributed by atoms with Crippen molar-refractivity contribution in [3.05, 3.63) is 35.9 Å². The van der Waals surface area contributed by atoms with Gasteiger partial charge in [-0.15, -0.1) is 0 Å². The minimum absolute atomic E-state index is 0.220. The van der Waals surface area contributed by atoms with Crippen LogP contribution in [0.25, 0.3) is 0 Å². The molecular formula is C15H25NO. The van der Waals surface area contributed by atoms with Gasteiger partial charge in [0.05, 0.1) is 6.61 Å². The molecule has 0 saturated carbocycles. The van der Waals surface area contributed by atoms with Gasteiger partial charge in [-0.05, 0) is 30.4 Å². The monoisotopic (exact) mass is 235 g/mol. The topological polar surface area (TPSA) is 32.3 Å². The molecule has 0 saturated heterocycles. The van der Waals surface area contributed by atoms with Gasteiger partial charge in [0.15, 0.2) is 0 Å². The maximum Gasteiger partial charge on any atom is 0.0587 e. The van der Waals surface area contributed by atoms with Crippen molar-refractivity contribution in [2.75, 3.05) is 13.2 Å². The Hall–Kier alpha value is -0.860. The molecule has 1 rings (SSSR count). The Morgan fingerprint density at radius 2 is 1.76 bits per heavy atom. The molecule has 0 spiro atoms. The quantitative estimate of drug-likeness (QED) is 0.761. The average molecular weight is 235 g/mol. The van der Waals surface area contributed by atoms with Crippen LogP contribution in [0.4, 0.5) is 0 Å². The van der Waals surface area contributed by atoms with E-state index in [0.717, 1.165) is 13.0 Å². The molecule has 1 aromatic rings. The van der Waals surface area contributed by atoms with Crippen molar-refractivity contribution in [3.63, 3.8) is 0 Å². The van der Waals surface area contributed by atoms with Crippen LogP contribution in [0.1, 0.15) is 38.7 Å². The van der Waals surface area contributed by atoms with Gasteiger partial charge in [0.1, 0.15) is 0 Å². The summed E-state index contributed by atoms with van der Waals surface area (Å²) in [7, 11) is 0. The molecule has 0 fully saturated rings. The minimum atomic E-state index is 0.220. The van der Waals surface area contributed by atoms with E-state index in [1.807, 2.05) is 0 Å². The Bertz CT molecular complexity index is 297. The van der Waals surface area contributed by atoms with Crippen molar-refractivity contribution >= 4 is 0 Å². The molecule has 2 atom stereocenters. The SMILES string of the molecule is CC(CCN[C@H](CO)C(C)C)c1ccccc1. The van der Waals surface area contributed by atoms with Gasteiger partial charge in [0.2, 0.25) is 0 Å². The van der Waals surface area contributed by atoms with E-state index in [4.69, 9.17) is 0 Å². The first-order valence-electron chi connectivity index (χ1n) is 6.54. The van der Waals surface area contributed by atoms with E-state index in [9.17, 15) is 5.11 Å². The summed E-state index contributed by atoms with van der Waals surface area (Å²) in [5.41, 5.74) is 1.39. The van der Waals surface area contributed by atoms with E-state index in [0.29, 0.717) is 11.8 Å². The Morgan fingerprint density at radius 1 is 1.12 bits per heavy atom. The number of hydrogen-bond acceptors (Lipinski definition) is 2. The molecule has 17 heavy (non-hydrogen) atoms. The Kier molecular flexibility index (Phi) is 6.23. The molecule has 2 nitrogen and oxygen atoms in total. The van der Waals surface area contributed by atoms with Gasteiger partial charge in [0.25, 0.3) is 0 Å². The highest BCUT2D eigenvalue weighted by Gasteiger charge is 2.11. The van der Waals surface area contributed by atoms with Gasteiger partial charge in [0, 0.05) is 6.04 Å². The Balaban J connectivity index is 2.31. The maximum atomic E-state index is 9.22. The molecule has 0 aromatic heterocycles. The number of aliphatic hydroxyl groups is 1. The molecule has 0 radical (unpaired) electrons. The van der Waals surface area contributed by atoms with Crippen molar-refractivity contribution in [2.45, 2.75) is 39.2 Å². The van der Waals surface area contributed by atoms with Crippen LogP contribution in [0, 0.1) is 5.92 Å².